The van der Waals surface area contributed by atoms with Crippen LogP contribution in [0.1, 0.15) is 18.7 Å². The number of nitrogen functional groups attached to an aromatic ring is 1. The lowest BCUT2D eigenvalue weighted by molar-refractivity contribution is 0.797. The molecule has 0 fully saturated rings. The van der Waals surface area contributed by atoms with Crippen LogP contribution in [0, 0.1) is 0 Å². The number of aryl methyl sites for hydroxylation is 2. The quantitative estimate of drug-likeness (QED) is 0.769. The Morgan fingerprint density at radius 1 is 1.30 bits per heavy atom. The zero-order valence-corrected chi connectivity index (χ0v) is 13.1. The van der Waals surface area contributed by atoms with Gasteiger partial charge in [0.2, 0.25) is 0 Å². The molecule has 0 atom stereocenters. The van der Waals surface area contributed by atoms with E-state index in [0.29, 0.717) is 0 Å². The van der Waals surface area contributed by atoms with Gasteiger partial charge in [-0.15, -0.1) is 11.3 Å². The van der Waals surface area contributed by atoms with E-state index in [9.17, 15) is 0 Å². The van der Waals surface area contributed by atoms with Gasteiger partial charge < -0.3 is 10.3 Å². The molecule has 0 aliphatic heterocycles. The summed E-state index contributed by atoms with van der Waals surface area (Å²) in [5.74, 6) is 0.929. The van der Waals surface area contributed by atoms with Crippen molar-refractivity contribution < 1.29 is 0 Å². The third-order valence-corrected chi connectivity index (χ3v) is 4.77. The fourth-order valence-electron chi connectivity index (χ4n) is 2.43. The number of hydrogen-bond acceptors (Lipinski definition) is 3. The van der Waals surface area contributed by atoms with Crippen LogP contribution in [-0.4, -0.2) is 9.55 Å². The van der Waals surface area contributed by atoms with Gasteiger partial charge in [0.1, 0.15) is 5.82 Å². The van der Waals surface area contributed by atoms with Crippen molar-refractivity contribution in [3.05, 3.63) is 34.2 Å². The fraction of sp³-hybridized carbons (Fsp3) is 0.267. The molecule has 0 aliphatic rings. The molecule has 0 spiro atoms. The minimum absolute atomic E-state index is 0.728. The summed E-state index contributed by atoms with van der Waals surface area (Å²) in [5, 5.41) is 1.56. The van der Waals surface area contributed by atoms with Crippen LogP contribution < -0.4 is 5.73 Å². The lowest BCUT2D eigenvalue weighted by Crippen LogP contribution is -1.98. The van der Waals surface area contributed by atoms with Gasteiger partial charge in [-0.05, 0) is 37.6 Å². The van der Waals surface area contributed by atoms with Crippen LogP contribution in [0.2, 0.25) is 5.02 Å². The van der Waals surface area contributed by atoms with Gasteiger partial charge in [0, 0.05) is 16.4 Å². The van der Waals surface area contributed by atoms with E-state index in [2.05, 4.69) is 24.5 Å². The summed E-state index contributed by atoms with van der Waals surface area (Å²) in [5.41, 5.74) is 9.20. The lowest BCUT2D eigenvalue weighted by atomic mass is 10.2. The van der Waals surface area contributed by atoms with E-state index in [1.165, 1.54) is 4.88 Å². The second-order valence-corrected chi connectivity index (χ2v) is 6.26. The van der Waals surface area contributed by atoms with Crippen LogP contribution >= 0.6 is 22.9 Å². The summed E-state index contributed by atoms with van der Waals surface area (Å²) in [6.07, 6.45) is 0.993. The highest BCUT2D eigenvalue weighted by Crippen LogP contribution is 2.35. The second kappa shape index (κ2) is 5.11. The van der Waals surface area contributed by atoms with Gasteiger partial charge in [0.25, 0.3) is 0 Å². The monoisotopic (exact) mass is 305 g/mol. The number of nitrogens with zero attached hydrogens (tertiary/aromatic N) is 2. The zero-order chi connectivity index (χ0) is 14.3. The topological polar surface area (TPSA) is 43.8 Å². The Morgan fingerprint density at radius 2 is 2.10 bits per heavy atom. The molecule has 2 N–H and O–H groups in total. The first-order valence-electron chi connectivity index (χ1n) is 6.68. The van der Waals surface area contributed by atoms with E-state index in [0.717, 1.165) is 45.4 Å². The molecule has 0 saturated carbocycles. The van der Waals surface area contributed by atoms with Crippen LogP contribution in [0.15, 0.2) is 24.3 Å². The Bertz CT molecular complexity index is 773. The summed E-state index contributed by atoms with van der Waals surface area (Å²) in [4.78, 5) is 6.02. The van der Waals surface area contributed by atoms with E-state index in [1.807, 2.05) is 18.2 Å². The van der Waals surface area contributed by atoms with Gasteiger partial charge in [-0.3, -0.25) is 0 Å². The van der Waals surface area contributed by atoms with Crippen LogP contribution in [-0.2, 0) is 13.0 Å². The van der Waals surface area contributed by atoms with E-state index >= 15 is 0 Å². The SMILES string of the molecule is CCc1cc(-c2nc3ccc(Cl)cc3n2CC)c(N)s1. The first-order chi connectivity index (χ1) is 9.63. The van der Waals surface area contributed by atoms with Crippen molar-refractivity contribution in [3.63, 3.8) is 0 Å². The van der Waals surface area contributed by atoms with Gasteiger partial charge >= 0.3 is 0 Å². The minimum Gasteiger partial charge on any atom is -0.390 e. The second-order valence-electron chi connectivity index (χ2n) is 4.66. The summed E-state index contributed by atoms with van der Waals surface area (Å²) in [7, 11) is 0. The molecule has 0 aliphatic carbocycles. The van der Waals surface area contributed by atoms with Crippen molar-refractivity contribution in [3.8, 4) is 11.4 Å². The zero-order valence-electron chi connectivity index (χ0n) is 11.5. The largest absolute Gasteiger partial charge is 0.390 e. The molecule has 0 amide bonds. The Kier molecular flexibility index (Phi) is 3.44. The summed E-state index contributed by atoms with van der Waals surface area (Å²) in [6, 6.07) is 7.93. The molecular formula is C15H16ClN3S. The third-order valence-electron chi connectivity index (χ3n) is 3.43. The summed E-state index contributed by atoms with van der Waals surface area (Å²) in [6.45, 7) is 5.08. The first-order valence-corrected chi connectivity index (χ1v) is 7.87. The highest BCUT2D eigenvalue weighted by Gasteiger charge is 2.16. The van der Waals surface area contributed by atoms with E-state index < -0.39 is 0 Å². The van der Waals surface area contributed by atoms with Crippen molar-refractivity contribution in [1.29, 1.82) is 0 Å². The van der Waals surface area contributed by atoms with Crippen molar-refractivity contribution in [2.45, 2.75) is 26.8 Å². The number of halogens is 1. The lowest BCUT2D eigenvalue weighted by Gasteiger charge is -2.05. The highest BCUT2D eigenvalue weighted by molar-refractivity contribution is 7.16. The molecule has 2 heterocycles. The molecule has 3 nitrogen and oxygen atoms in total. The van der Waals surface area contributed by atoms with Gasteiger partial charge in [0.15, 0.2) is 0 Å². The molecule has 1 aromatic carbocycles. The molecule has 3 rings (SSSR count). The minimum atomic E-state index is 0.728. The normalized spacial score (nSPS) is 11.3. The first kappa shape index (κ1) is 13.5. The van der Waals surface area contributed by atoms with E-state index in [4.69, 9.17) is 22.3 Å². The maximum Gasteiger partial charge on any atom is 0.144 e. The summed E-state index contributed by atoms with van der Waals surface area (Å²) >= 11 is 7.74. The predicted octanol–water partition coefficient (Wildman–Crippen LogP) is 4.58. The molecule has 104 valence electrons. The van der Waals surface area contributed by atoms with Crippen molar-refractivity contribution in [1.82, 2.24) is 9.55 Å². The van der Waals surface area contributed by atoms with Crippen LogP contribution in [0.3, 0.4) is 0 Å². The standard InChI is InChI=1S/C15H16ClN3S/c1-3-10-8-11(14(17)20-10)15-18-12-6-5-9(16)7-13(12)19(15)4-2/h5-8H,3-4,17H2,1-2H3. The smallest absolute Gasteiger partial charge is 0.144 e. The molecule has 0 unspecified atom stereocenters. The maximum absolute atomic E-state index is 6.16. The maximum atomic E-state index is 6.16. The Hall–Kier alpha value is -1.52. The number of hydrogen-bond donors (Lipinski definition) is 1. The van der Waals surface area contributed by atoms with Crippen LogP contribution in [0.25, 0.3) is 22.4 Å². The molecule has 3 aromatic rings. The Labute approximate surface area is 127 Å². The van der Waals surface area contributed by atoms with Gasteiger partial charge in [0.05, 0.1) is 21.6 Å². The number of fused-ring (bicyclic) bond motifs is 1. The van der Waals surface area contributed by atoms with E-state index in [-0.39, 0.29) is 0 Å². The number of rotatable bonds is 3. The molecule has 2 aromatic heterocycles. The van der Waals surface area contributed by atoms with Gasteiger partial charge in [-0.2, -0.15) is 0 Å². The molecule has 5 heteroatoms. The number of imidazole rings is 1. The van der Waals surface area contributed by atoms with Crippen molar-refractivity contribution >= 4 is 39.0 Å². The number of benzene rings is 1. The molecular weight excluding hydrogens is 290 g/mol. The number of aromatic nitrogens is 2. The molecule has 20 heavy (non-hydrogen) atoms. The predicted molar refractivity (Wildman–Crippen MR) is 87.5 cm³/mol. The van der Waals surface area contributed by atoms with Gasteiger partial charge in [-0.25, -0.2) is 4.98 Å². The number of nitrogens with two attached hydrogens (primary N) is 1. The average molecular weight is 306 g/mol. The third kappa shape index (κ3) is 2.09. The van der Waals surface area contributed by atoms with E-state index in [1.54, 1.807) is 11.3 Å². The summed E-state index contributed by atoms with van der Waals surface area (Å²) < 4.78 is 2.17. The Morgan fingerprint density at radius 3 is 2.75 bits per heavy atom. The van der Waals surface area contributed by atoms with Crippen LogP contribution in [0.5, 0.6) is 0 Å². The van der Waals surface area contributed by atoms with Gasteiger partial charge in [-0.1, -0.05) is 18.5 Å². The fourth-order valence-corrected chi connectivity index (χ4v) is 3.46. The molecule has 0 bridgehead atoms. The molecule has 0 saturated heterocycles. The Balaban J connectivity index is 2.27. The average Bonchev–Trinajstić information content (AvgIpc) is 2.98. The van der Waals surface area contributed by atoms with Crippen molar-refractivity contribution in [2.75, 3.05) is 5.73 Å². The van der Waals surface area contributed by atoms with Crippen LogP contribution in [0.4, 0.5) is 5.00 Å². The number of thiophene rings is 1. The molecule has 0 radical (unpaired) electrons. The number of anilines is 1. The van der Waals surface area contributed by atoms with Crippen molar-refractivity contribution in [2.24, 2.45) is 0 Å². The highest BCUT2D eigenvalue weighted by atomic mass is 35.5.